The molecule has 3 aromatic rings. The quantitative estimate of drug-likeness (QED) is 0.0289. The summed E-state index contributed by atoms with van der Waals surface area (Å²) in [5, 5.41) is 22.6. The molecule has 1 aromatic heterocycles. The van der Waals surface area contributed by atoms with Crippen molar-refractivity contribution in [3.8, 4) is 0 Å². The molecule has 0 spiro atoms. The van der Waals surface area contributed by atoms with Gasteiger partial charge in [-0.2, -0.15) is 4.73 Å². The molecule has 0 radical (unpaired) electrons. The highest BCUT2D eigenvalue weighted by atomic mass is 16.5. The fourth-order valence-corrected chi connectivity index (χ4v) is 5.17. The van der Waals surface area contributed by atoms with Crippen molar-refractivity contribution in [1.29, 1.82) is 0 Å². The number of pyridine rings is 1. The molecule has 3 rings (SSSR count). The first kappa shape index (κ1) is 38.9. The van der Waals surface area contributed by atoms with E-state index >= 15 is 0 Å². The van der Waals surface area contributed by atoms with E-state index in [-0.39, 0.29) is 38.3 Å². The fraction of sp³-hybridized carbons (Fsp3) is 0.389. The lowest BCUT2D eigenvalue weighted by atomic mass is 10.0. The lowest BCUT2D eigenvalue weighted by Gasteiger charge is -2.26. The van der Waals surface area contributed by atoms with E-state index in [2.05, 4.69) is 26.3 Å². The van der Waals surface area contributed by atoms with Crippen molar-refractivity contribution in [2.24, 2.45) is 22.2 Å². The summed E-state index contributed by atoms with van der Waals surface area (Å²) < 4.78 is 0.637. The van der Waals surface area contributed by atoms with Crippen molar-refractivity contribution in [3.63, 3.8) is 0 Å². The van der Waals surface area contributed by atoms with Gasteiger partial charge in [0.15, 0.2) is 18.4 Å². The highest BCUT2D eigenvalue weighted by molar-refractivity contribution is 5.95. The van der Waals surface area contributed by atoms with Crippen molar-refractivity contribution in [2.45, 2.75) is 82.6 Å². The van der Waals surface area contributed by atoms with Crippen molar-refractivity contribution in [3.05, 3.63) is 107 Å². The summed E-state index contributed by atoms with van der Waals surface area (Å²) in [6.07, 6.45) is 5.36. The van der Waals surface area contributed by atoms with Crippen molar-refractivity contribution in [2.75, 3.05) is 6.54 Å². The molecular weight excluding hydrogens is 638 g/mol. The lowest BCUT2D eigenvalue weighted by Crippen LogP contribution is -2.58. The van der Waals surface area contributed by atoms with E-state index < -0.39 is 47.8 Å². The number of hydrogen-bond donors (Lipinski definition) is 7. The summed E-state index contributed by atoms with van der Waals surface area (Å²) in [6, 6.07) is 17.8. The molecule has 0 aliphatic heterocycles. The van der Waals surface area contributed by atoms with E-state index in [0.29, 0.717) is 29.6 Å². The second kappa shape index (κ2) is 20.8. The third kappa shape index (κ3) is 13.9. The van der Waals surface area contributed by atoms with Gasteiger partial charge in [-0.25, -0.2) is 0 Å². The minimum absolute atomic E-state index is 0.0877. The Balaban J connectivity index is 1.75. The normalized spacial score (nSPS) is 13.2. The van der Waals surface area contributed by atoms with Crippen LogP contribution >= 0.6 is 0 Å². The van der Waals surface area contributed by atoms with Gasteiger partial charge in [0.25, 0.3) is 0 Å². The number of unbranched alkanes of at least 4 members (excludes halogenated alkanes) is 1. The van der Waals surface area contributed by atoms with Gasteiger partial charge in [-0.3, -0.25) is 24.2 Å². The summed E-state index contributed by atoms with van der Waals surface area (Å²) in [4.78, 5) is 58.1. The van der Waals surface area contributed by atoms with E-state index in [9.17, 15) is 24.4 Å². The molecule has 0 unspecified atom stereocenters. The van der Waals surface area contributed by atoms with E-state index in [1.54, 1.807) is 12.1 Å². The molecule has 14 nitrogen and oxygen atoms in total. The van der Waals surface area contributed by atoms with E-state index in [0.717, 1.165) is 17.5 Å². The molecule has 4 amide bonds. The molecule has 50 heavy (non-hydrogen) atoms. The van der Waals surface area contributed by atoms with Crippen molar-refractivity contribution < 1.29 is 23.9 Å². The smallest absolute Gasteiger partial charge is 0.243 e. The number of carbonyl (C=O) groups is 4. The Morgan fingerprint density at radius 1 is 0.700 bits per heavy atom. The third-order valence-electron chi connectivity index (χ3n) is 7.95. The van der Waals surface area contributed by atoms with Gasteiger partial charge in [0, 0.05) is 31.6 Å². The Hall–Kier alpha value is -5.50. The standard InChI is InChI=1S/C36H49N9O5/c1-2-3-15-30(34(48)42-29(16-10-19-40-36(38)39)33(47)41-24-27-17-20-45(50)21-18-27)43-35(49)31(23-26-13-8-5-9-14-26)44-32(46)28(37)22-25-11-6-4-7-12-25/h4-9,11-14,17-18,20-21,28-31H,2-3,10,15-16,19,22-24,37H2,1H3,(H,41,47)(H,42,48)(H,43,49)(H,44,46)(H4,38,39,40)/t28-,29-,30-,31-/m0/s1. The zero-order valence-corrected chi connectivity index (χ0v) is 28.4. The predicted octanol–water partition coefficient (Wildman–Crippen LogP) is 0.447. The van der Waals surface area contributed by atoms with Crippen LogP contribution < -0.4 is 43.2 Å². The largest absolute Gasteiger partial charge is 0.619 e. The zero-order chi connectivity index (χ0) is 36.3. The number of nitrogens with one attached hydrogen (secondary N) is 4. The first-order valence-electron chi connectivity index (χ1n) is 16.8. The number of nitrogens with zero attached hydrogens (tertiary/aromatic N) is 2. The minimum atomic E-state index is -1.03. The average molecular weight is 688 g/mol. The third-order valence-corrected chi connectivity index (χ3v) is 7.95. The van der Waals surface area contributed by atoms with Crippen LogP contribution in [-0.4, -0.2) is 60.3 Å². The van der Waals surface area contributed by atoms with Gasteiger partial charge < -0.3 is 43.7 Å². The molecule has 14 heteroatoms. The summed E-state index contributed by atoms with van der Waals surface area (Å²) in [5.74, 6) is -2.15. The molecule has 1 heterocycles. The second-order valence-electron chi connectivity index (χ2n) is 12.0. The number of aliphatic imine (C=N–C) groups is 1. The summed E-state index contributed by atoms with van der Waals surface area (Å²) in [7, 11) is 0. The van der Waals surface area contributed by atoms with Gasteiger partial charge in [-0.15, -0.1) is 0 Å². The maximum atomic E-state index is 13.8. The SMILES string of the molecule is CCCC[C@H](NC(=O)[C@H](Cc1ccccc1)NC(=O)[C@@H](N)Cc1ccccc1)C(=O)N[C@@H](CCCN=C(N)N)C(=O)NCc1cc[n+]([O-])cc1. The number of nitrogens with two attached hydrogens (primary N) is 3. The maximum Gasteiger partial charge on any atom is 0.243 e. The summed E-state index contributed by atoms with van der Waals surface area (Å²) in [5.41, 5.74) is 19.5. The Bertz CT molecular complexity index is 1530. The van der Waals surface area contributed by atoms with E-state index in [1.165, 1.54) is 12.4 Å². The molecule has 268 valence electrons. The Labute approximate surface area is 292 Å². The number of amides is 4. The first-order chi connectivity index (χ1) is 24.0. The zero-order valence-electron chi connectivity index (χ0n) is 28.4. The first-order valence-corrected chi connectivity index (χ1v) is 16.8. The van der Waals surface area contributed by atoms with Crippen LogP contribution in [-0.2, 0) is 38.6 Å². The molecule has 2 aromatic carbocycles. The van der Waals surface area contributed by atoms with E-state index in [4.69, 9.17) is 17.2 Å². The number of aromatic nitrogens is 1. The molecule has 0 aliphatic carbocycles. The molecule has 4 atom stereocenters. The van der Waals surface area contributed by atoms with Crippen LogP contribution in [0, 0.1) is 5.21 Å². The molecule has 0 aliphatic rings. The van der Waals surface area contributed by atoms with Crippen LogP contribution in [0.5, 0.6) is 0 Å². The Kier molecular flexibility index (Phi) is 16.2. The van der Waals surface area contributed by atoms with Gasteiger partial charge in [-0.1, -0.05) is 80.4 Å². The van der Waals surface area contributed by atoms with Gasteiger partial charge in [-0.05, 0) is 42.4 Å². The van der Waals surface area contributed by atoms with Crippen LogP contribution in [0.25, 0.3) is 0 Å². The highest BCUT2D eigenvalue weighted by Gasteiger charge is 2.30. The topological polar surface area (TPSA) is 234 Å². The highest BCUT2D eigenvalue weighted by Crippen LogP contribution is 2.09. The minimum Gasteiger partial charge on any atom is -0.619 e. The van der Waals surface area contributed by atoms with Crippen LogP contribution in [0.4, 0.5) is 0 Å². The number of carbonyl (C=O) groups excluding carboxylic acids is 4. The summed E-state index contributed by atoms with van der Waals surface area (Å²) >= 11 is 0. The average Bonchev–Trinajstić information content (AvgIpc) is 3.11. The van der Waals surface area contributed by atoms with Gasteiger partial charge in [0.2, 0.25) is 23.6 Å². The maximum absolute atomic E-state index is 13.8. The number of benzene rings is 2. The molecule has 10 N–H and O–H groups in total. The van der Waals surface area contributed by atoms with Crippen molar-refractivity contribution in [1.82, 2.24) is 21.3 Å². The summed E-state index contributed by atoms with van der Waals surface area (Å²) in [6.45, 7) is 2.33. The Morgan fingerprint density at radius 2 is 1.22 bits per heavy atom. The molecule has 0 saturated carbocycles. The van der Waals surface area contributed by atoms with Gasteiger partial charge >= 0.3 is 0 Å². The van der Waals surface area contributed by atoms with Crippen LogP contribution in [0.1, 0.15) is 55.7 Å². The van der Waals surface area contributed by atoms with Gasteiger partial charge in [0.1, 0.15) is 18.1 Å². The van der Waals surface area contributed by atoms with Gasteiger partial charge in [0.05, 0.1) is 6.04 Å². The predicted molar refractivity (Wildman–Crippen MR) is 191 cm³/mol. The number of guanidine groups is 1. The molecule has 0 bridgehead atoms. The fourth-order valence-electron chi connectivity index (χ4n) is 5.17. The Morgan fingerprint density at radius 3 is 1.80 bits per heavy atom. The number of rotatable bonds is 20. The van der Waals surface area contributed by atoms with E-state index in [1.807, 2.05) is 67.6 Å². The molecule has 0 fully saturated rings. The van der Waals surface area contributed by atoms with Crippen molar-refractivity contribution >= 4 is 29.6 Å². The van der Waals surface area contributed by atoms with Crippen LogP contribution in [0.3, 0.4) is 0 Å². The molecular formula is C36H49N9O5. The van der Waals surface area contributed by atoms with Crippen LogP contribution in [0.2, 0.25) is 0 Å². The van der Waals surface area contributed by atoms with Crippen LogP contribution in [0.15, 0.2) is 90.2 Å². The monoisotopic (exact) mass is 687 g/mol. The lowest BCUT2D eigenvalue weighted by molar-refractivity contribution is -0.605. The molecule has 0 saturated heterocycles. The second-order valence-corrected chi connectivity index (χ2v) is 12.0. The number of hydrogen-bond acceptors (Lipinski definition) is 7.